The number of ether oxygens (including phenoxy) is 1. The number of hydrogen-bond acceptors (Lipinski definition) is 5. The lowest BCUT2D eigenvalue weighted by atomic mass is 10.1. The van der Waals surface area contributed by atoms with Crippen molar-refractivity contribution in [2.45, 2.75) is 32.3 Å². The van der Waals surface area contributed by atoms with Crippen molar-refractivity contribution in [2.24, 2.45) is 0 Å². The summed E-state index contributed by atoms with van der Waals surface area (Å²) >= 11 is 0. The van der Waals surface area contributed by atoms with Crippen LogP contribution in [0.1, 0.15) is 41.6 Å². The Morgan fingerprint density at radius 1 is 1.04 bits per heavy atom. The zero-order chi connectivity index (χ0) is 18.4. The van der Waals surface area contributed by atoms with Crippen LogP contribution in [0.3, 0.4) is 0 Å². The molecule has 0 amide bonds. The predicted molar refractivity (Wildman–Crippen MR) is 99.3 cm³/mol. The fourth-order valence-electron chi connectivity index (χ4n) is 3.18. The van der Waals surface area contributed by atoms with E-state index in [1.807, 2.05) is 35.2 Å². The normalized spacial score (nSPS) is 14.5. The largest absolute Gasteiger partial charge is 0.457 e. The molecule has 0 spiro atoms. The van der Waals surface area contributed by atoms with Gasteiger partial charge in [0.15, 0.2) is 0 Å². The molecule has 1 saturated heterocycles. The van der Waals surface area contributed by atoms with Gasteiger partial charge in [0.25, 0.3) is 5.69 Å². The Balaban J connectivity index is 1.77. The second-order valence-electron chi connectivity index (χ2n) is 6.42. The third kappa shape index (κ3) is 4.39. The SMILES string of the molecule is O=C(OCc1ccccc1)c1ccc(N2CCCCCC2)c([N+](=O)[O-])c1. The van der Waals surface area contributed by atoms with Crippen molar-refractivity contribution in [3.05, 3.63) is 69.8 Å². The second kappa shape index (κ2) is 8.47. The predicted octanol–water partition coefficient (Wildman–Crippen LogP) is 4.33. The molecule has 3 rings (SSSR count). The number of esters is 1. The van der Waals surface area contributed by atoms with Gasteiger partial charge in [-0.2, -0.15) is 0 Å². The van der Waals surface area contributed by atoms with E-state index in [9.17, 15) is 14.9 Å². The minimum absolute atomic E-state index is 0.0407. The lowest BCUT2D eigenvalue weighted by molar-refractivity contribution is -0.384. The van der Waals surface area contributed by atoms with Crippen LogP contribution in [0, 0.1) is 10.1 Å². The van der Waals surface area contributed by atoms with Crippen LogP contribution in [0.2, 0.25) is 0 Å². The first-order valence-corrected chi connectivity index (χ1v) is 8.89. The Labute approximate surface area is 152 Å². The summed E-state index contributed by atoms with van der Waals surface area (Å²) in [6.07, 6.45) is 4.35. The first kappa shape index (κ1) is 17.9. The van der Waals surface area contributed by atoms with E-state index in [2.05, 4.69) is 0 Å². The smallest absolute Gasteiger partial charge is 0.338 e. The highest BCUT2D eigenvalue weighted by Crippen LogP contribution is 2.31. The molecular formula is C20H22N2O4. The number of anilines is 1. The molecular weight excluding hydrogens is 332 g/mol. The maximum atomic E-state index is 12.3. The number of carbonyl (C=O) groups is 1. The molecule has 0 aromatic heterocycles. The van der Waals surface area contributed by atoms with E-state index in [0.29, 0.717) is 5.69 Å². The molecule has 1 aliphatic rings. The number of carbonyl (C=O) groups excluding carboxylic acids is 1. The van der Waals surface area contributed by atoms with Crippen molar-refractivity contribution in [1.82, 2.24) is 0 Å². The van der Waals surface area contributed by atoms with Gasteiger partial charge in [0.05, 0.1) is 10.5 Å². The average Bonchev–Trinajstić information content (AvgIpc) is 2.96. The Morgan fingerprint density at radius 3 is 2.38 bits per heavy atom. The minimum atomic E-state index is -0.556. The maximum absolute atomic E-state index is 12.3. The summed E-state index contributed by atoms with van der Waals surface area (Å²) in [6.45, 7) is 1.75. The lowest BCUT2D eigenvalue weighted by Crippen LogP contribution is -2.24. The van der Waals surface area contributed by atoms with Gasteiger partial charge < -0.3 is 9.64 Å². The minimum Gasteiger partial charge on any atom is -0.457 e. The molecule has 136 valence electrons. The monoisotopic (exact) mass is 354 g/mol. The van der Waals surface area contributed by atoms with E-state index in [-0.39, 0.29) is 17.9 Å². The summed E-state index contributed by atoms with van der Waals surface area (Å²) in [5.41, 5.74) is 1.61. The van der Waals surface area contributed by atoms with E-state index in [1.54, 1.807) is 12.1 Å². The highest BCUT2D eigenvalue weighted by atomic mass is 16.6. The molecule has 2 aromatic carbocycles. The summed E-state index contributed by atoms with van der Waals surface area (Å²) in [7, 11) is 0. The fraction of sp³-hybridized carbons (Fsp3) is 0.350. The van der Waals surface area contributed by atoms with Crippen molar-refractivity contribution in [1.29, 1.82) is 0 Å². The van der Waals surface area contributed by atoms with Crippen molar-refractivity contribution in [2.75, 3.05) is 18.0 Å². The molecule has 2 aromatic rings. The van der Waals surface area contributed by atoms with Crippen LogP contribution in [-0.2, 0) is 11.3 Å². The number of nitro groups is 1. The van der Waals surface area contributed by atoms with Crippen molar-refractivity contribution < 1.29 is 14.5 Å². The van der Waals surface area contributed by atoms with Crippen LogP contribution in [0.4, 0.5) is 11.4 Å². The second-order valence-corrected chi connectivity index (χ2v) is 6.42. The molecule has 1 fully saturated rings. The Morgan fingerprint density at radius 2 is 1.73 bits per heavy atom. The quantitative estimate of drug-likeness (QED) is 0.454. The Bertz CT molecular complexity index is 769. The summed E-state index contributed by atoms with van der Waals surface area (Å²) in [5, 5.41) is 11.5. The van der Waals surface area contributed by atoms with Crippen LogP contribution in [0.15, 0.2) is 48.5 Å². The topological polar surface area (TPSA) is 72.7 Å². The van der Waals surface area contributed by atoms with Gasteiger partial charge in [-0.1, -0.05) is 43.2 Å². The van der Waals surface area contributed by atoms with Crippen LogP contribution in [0.25, 0.3) is 0 Å². The number of benzene rings is 2. The van der Waals surface area contributed by atoms with E-state index < -0.39 is 10.9 Å². The van der Waals surface area contributed by atoms with Crippen molar-refractivity contribution >= 4 is 17.3 Å². The molecule has 6 heteroatoms. The van der Waals surface area contributed by atoms with Crippen LogP contribution >= 0.6 is 0 Å². The molecule has 6 nitrogen and oxygen atoms in total. The molecule has 0 aliphatic carbocycles. The van der Waals surface area contributed by atoms with Gasteiger partial charge in [-0.3, -0.25) is 10.1 Å². The zero-order valence-corrected chi connectivity index (χ0v) is 14.6. The number of nitrogens with zero attached hydrogens (tertiary/aromatic N) is 2. The molecule has 26 heavy (non-hydrogen) atoms. The number of rotatable bonds is 5. The molecule has 0 N–H and O–H groups in total. The molecule has 0 bridgehead atoms. The highest BCUT2D eigenvalue weighted by molar-refractivity contribution is 5.91. The lowest BCUT2D eigenvalue weighted by Gasteiger charge is -2.22. The van der Waals surface area contributed by atoms with E-state index in [4.69, 9.17) is 4.74 Å². The molecule has 0 atom stereocenters. The standard InChI is InChI=1S/C20H22N2O4/c23-20(26-15-16-8-4-3-5-9-16)17-10-11-18(19(14-17)22(24)25)21-12-6-1-2-7-13-21/h3-5,8-11,14H,1-2,6-7,12-13,15H2. The molecule has 0 unspecified atom stereocenters. The average molecular weight is 354 g/mol. The zero-order valence-electron chi connectivity index (χ0n) is 14.6. The van der Waals surface area contributed by atoms with E-state index >= 15 is 0 Å². The summed E-state index contributed by atoms with van der Waals surface area (Å²) in [5.74, 6) is -0.556. The fourth-order valence-corrected chi connectivity index (χ4v) is 3.18. The van der Waals surface area contributed by atoms with Gasteiger partial charge in [0, 0.05) is 19.2 Å². The van der Waals surface area contributed by atoms with Gasteiger partial charge in [-0.05, 0) is 30.5 Å². The van der Waals surface area contributed by atoms with Crippen LogP contribution in [-0.4, -0.2) is 24.0 Å². The molecule has 0 saturated carbocycles. The van der Waals surface area contributed by atoms with Gasteiger partial charge in [0.2, 0.25) is 0 Å². The summed E-state index contributed by atoms with van der Waals surface area (Å²) < 4.78 is 5.28. The van der Waals surface area contributed by atoms with Gasteiger partial charge in [-0.25, -0.2) is 4.79 Å². The third-order valence-electron chi connectivity index (χ3n) is 4.57. The summed E-state index contributed by atoms with van der Waals surface area (Å²) in [4.78, 5) is 25.4. The van der Waals surface area contributed by atoms with E-state index in [1.165, 1.54) is 6.07 Å². The Kier molecular flexibility index (Phi) is 5.84. The summed E-state index contributed by atoms with van der Waals surface area (Å²) in [6, 6.07) is 13.9. The van der Waals surface area contributed by atoms with Gasteiger partial charge in [-0.15, -0.1) is 0 Å². The first-order valence-electron chi connectivity index (χ1n) is 8.89. The molecule has 1 heterocycles. The van der Waals surface area contributed by atoms with Crippen molar-refractivity contribution in [3.8, 4) is 0 Å². The molecule has 1 aliphatic heterocycles. The maximum Gasteiger partial charge on any atom is 0.338 e. The first-order chi connectivity index (χ1) is 12.6. The van der Waals surface area contributed by atoms with Crippen LogP contribution < -0.4 is 4.90 Å². The van der Waals surface area contributed by atoms with Gasteiger partial charge in [0.1, 0.15) is 12.3 Å². The van der Waals surface area contributed by atoms with E-state index in [0.717, 1.165) is 44.3 Å². The number of nitro benzene ring substituents is 1. The molecule has 0 radical (unpaired) electrons. The highest BCUT2D eigenvalue weighted by Gasteiger charge is 2.23. The van der Waals surface area contributed by atoms with Crippen LogP contribution in [0.5, 0.6) is 0 Å². The van der Waals surface area contributed by atoms with Gasteiger partial charge >= 0.3 is 5.97 Å². The third-order valence-corrected chi connectivity index (χ3v) is 4.57. The number of hydrogen-bond donors (Lipinski definition) is 0. The van der Waals surface area contributed by atoms with Crippen molar-refractivity contribution in [3.63, 3.8) is 0 Å². The Hall–Kier alpha value is -2.89.